The van der Waals surface area contributed by atoms with Crippen LogP contribution >= 0.6 is 0 Å². The fourth-order valence-electron chi connectivity index (χ4n) is 8.27. The average molecular weight is 643 g/mol. The van der Waals surface area contributed by atoms with Crippen LogP contribution < -0.4 is 10.6 Å². The van der Waals surface area contributed by atoms with Gasteiger partial charge in [-0.3, -0.25) is 0 Å². The topological polar surface area (TPSA) is 75.6 Å². The van der Waals surface area contributed by atoms with E-state index in [0.717, 1.165) is 74.7 Å². The lowest BCUT2D eigenvalue weighted by molar-refractivity contribution is 0.594. The van der Waals surface area contributed by atoms with Crippen LogP contribution in [-0.2, 0) is 13.1 Å². The van der Waals surface area contributed by atoms with E-state index in [2.05, 4.69) is 95.6 Å². The van der Waals surface area contributed by atoms with E-state index in [1.807, 2.05) is 48.5 Å². The highest BCUT2D eigenvalue weighted by molar-refractivity contribution is 6.17. The number of aromatic nitrogens is 4. The molecule has 5 aromatic carbocycles. The Hall–Kier alpha value is -6.40. The third-order valence-corrected chi connectivity index (χ3v) is 10.7. The van der Waals surface area contributed by atoms with E-state index >= 15 is 0 Å². The molecule has 2 unspecified atom stereocenters. The van der Waals surface area contributed by atoms with E-state index < -0.39 is 0 Å². The van der Waals surface area contributed by atoms with Crippen LogP contribution in [0.25, 0.3) is 66.5 Å². The number of hydrogen-bond acceptors (Lipinski definition) is 6. The van der Waals surface area contributed by atoms with Crippen molar-refractivity contribution in [1.82, 2.24) is 25.3 Å². The number of hydrogen-bond donors (Lipinski definition) is 2. The second-order valence-electron chi connectivity index (χ2n) is 13.5. The van der Waals surface area contributed by atoms with Crippen LogP contribution in [0, 0.1) is 11.8 Å². The molecule has 50 heavy (non-hydrogen) atoms. The van der Waals surface area contributed by atoms with Gasteiger partial charge < -0.3 is 10.6 Å². The first-order valence-corrected chi connectivity index (χ1v) is 17.2. The Morgan fingerprint density at radius 3 is 1.74 bits per heavy atom. The van der Waals surface area contributed by atoms with Gasteiger partial charge in [0.25, 0.3) is 0 Å². The van der Waals surface area contributed by atoms with Crippen LogP contribution in [0.3, 0.4) is 0 Å². The summed E-state index contributed by atoms with van der Waals surface area (Å²) >= 11 is 0. The zero-order chi connectivity index (χ0) is 32.8. The number of anilines is 1. The van der Waals surface area contributed by atoms with Gasteiger partial charge in [0.15, 0.2) is 0 Å². The minimum atomic E-state index is 0.244. The Balaban J connectivity index is 0.805. The Labute approximate surface area is 288 Å². The normalized spacial score (nSPS) is 17.6. The van der Waals surface area contributed by atoms with Crippen LogP contribution in [-0.4, -0.2) is 19.9 Å². The molecule has 0 aliphatic heterocycles. The highest BCUT2D eigenvalue weighted by Gasteiger charge is 2.42. The van der Waals surface area contributed by atoms with E-state index in [1.54, 1.807) is 0 Å². The highest BCUT2D eigenvalue weighted by atomic mass is 14.9. The second kappa shape index (κ2) is 10.5. The van der Waals surface area contributed by atoms with Crippen LogP contribution in [0.4, 0.5) is 5.69 Å². The van der Waals surface area contributed by atoms with Gasteiger partial charge in [0.1, 0.15) is 0 Å². The Bertz CT molecular complexity index is 2670. The van der Waals surface area contributed by atoms with Gasteiger partial charge in [0, 0.05) is 58.2 Å². The molecular formula is C44H30N6. The zero-order valence-electron chi connectivity index (χ0n) is 27.1. The first-order chi connectivity index (χ1) is 24.8. The van der Waals surface area contributed by atoms with Crippen LogP contribution in [0.15, 0.2) is 139 Å². The van der Waals surface area contributed by atoms with Crippen molar-refractivity contribution in [2.45, 2.75) is 13.1 Å². The minimum Gasteiger partial charge on any atom is -0.384 e. The molecular weight excluding hydrogens is 613 g/mol. The maximum atomic E-state index is 5.05. The summed E-state index contributed by atoms with van der Waals surface area (Å²) in [6.07, 6.45) is 11.2. The van der Waals surface area contributed by atoms with Gasteiger partial charge in [-0.1, -0.05) is 97.1 Å². The first-order valence-electron chi connectivity index (χ1n) is 17.2. The third kappa shape index (κ3) is 4.08. The summed E-state index contributed by atoms with van der Waals surface area (Å²) in [4.78, 5) is 20.1. The number of allylic oxidation sites excluding steroid dienone is 7. The molecule has 6 heteroatoms. The smallest absolute Gasteiger partial charge is 0.0979 e. The Morgan fingerprint density at radius 1 is 0.500 bits per heavy atom. The maximum absolute atomic E-state index is 5.05. The van der Waals surface area contributed by atoms with Gasteiger partial charge in [-0.15, -0.1) is 0 Å². The van der Waals surface area contributed by atoms with Gasteiger partial charge in [0.2, 0.25) is 0 Å². The van der Waals surface area contributed by atoms with E-state index in [1.165, 1.54) is 38.7 Å². The van der Waals surface area contributed by atoms with Gasteiger partial charge in [-0.2, -0.15) is 0 Å². The van der Waals surface area contributed by atoms with Gasteiger partial charge >= 0.3 is 0 Å². The minimum absolute atomic E-state index is 0.244. The molecule has 2 heterocycles. The van der Waals surface area contributed by atoms with Crippen molar-refractivity contribution in [2.24, 2.45) is 11.8 Å². The van der Waals surface area contributed by atoms with E-state index in [-0.39, 0.29) is 11.8 Å². The van der Waals surface area contributed by atoms with E-state index in [0.29, 0.717) is 0 Å². The second-order valence-corrected chi connectivity index (χ2v) is 13.5. The molecule has 4 aliphatic carbocycles. The quantitative estimate of drug-likeness (QED) is 0.188. The van der Waals surface area contributed by atoms with E-state index in [9.17, 15) is 0 Å². The molecule has 0 saturated carbocycles. The number of para-hydroxylation sites is 4. The summed E-state index contributed by atoms with van der Waals surface area (Å²) in [7, 11) is 0. The molecule has 0 fully saturated rings. The van der Waals surface area contributed by atoms with Crippen molar-refractivity contribution in [2.75, 3.05) is 5.32 Å². The third-order valence-electron chi connectivity index (χ3n) is 10.7. The standard InChI is InChI=1S/C44H30N6/c1-3-13-37-35(11-1)47-41-29-9-5-7-27-33(21-19-31(39(27)29)43(41)49-37)45-23-25-15-17-26(18-16-25)24-46-34-22-20-32-40-28(34)8-6-10-30(40)42-44(32)50-38-14-4-2-12-36(38)48-42/h1-22,27,39,45-46H,23-24H2. The van der Waals surface area contributed by atoms with Gasteiger partial charge in [-0.05, 0) is 58.7 Å². The van der Waals surface area contributed by atoms with Crippen LogP contribution in [0.5, 0.6) is 0 Å². The molecule has 6 nitrogen and oxygen atoms in total. The monoisotopic (exact) mass is 642 g/mol. The predicted molar refractivity (Wildman–Crippen MR) is 202 cm³/mol. The van der Waals surface area contributed by atoms with Gasteiger partial charge in [-0.25, -0.2) is 19.9 Å². The molecule has 7 aromatic rings. The van der Waals surface area contributed by atoms with Crippen molar-refractivity contribution in [3.63, 3.8) is 0 Å². The van der Waals surface area contributed by atoms with E-state index in [4.69, 9.17) is 19.9 Å². The summed E-state index contributed by atoms with van der Waals surface area (Å²) in [6.45, 7) is 1.50. The summed E-state index contributed by atoms with van der Waals surface area (Å²) < 4.78 is 0. The molecule has 4 aliphatic rings. The Morgan fingerprint density at radius 2 is 1.08 bits per heavy atom. The summed E-state index contributed by atoms with van der Waals surface area (Å²) in [6, 6.07) is 36.0. The molecule has 0 saturated heterocycles. The lowest BCUT2D eigenvalue weighted by Gasteiger charge is -2.31. The summed E-state index contributed by atoms with van der Waals surface area (Å²) in [5.41, 5.74) is 17.4. The maximum Gasteiger partial charge on any atom is 0.0979 e. The van der Waals surface area contributed by atoms with Crippen molar-refractivity contribution in [3.05, 3.63) is 162 Å². The zero-order valence-corrected chi connectivity index (χ0v) is 27.1. The molecule has 2 aromatic heterocycles. The van der Waals surface area contributed by atoms with Crippen molar-refractivity contribution >= 4 is 49.7 Å². The summed E-state index contributed by atoms with van der Waals surface area (Å²) in [5.74, 6) is 0.494. The largest absolute Gasteiger partial charge is 0.384 e. The number of fused-ring (bicyclic) bond motifs is 8. The average Bonchev–Trinajstić information content (AvgIpc) is 3.66. The van der Waals surface area contributed by atoms with Crippen molar-refractivity contribution in [3.8, 4) is 22.5 Å². The van der Waals surface area contributed by atoms with Crippen LogP contribution in [0.2, 0.25) is 0 Å². The molecule has 0 bridgehead atoms. The molecule has 0 radical (unpaired) electrons. The highest BCUT2D eigenvalue weighted by Crippen LogP contribution is 2.53. The fraction of sp³-hybridized carbons (Fsp3) is 0.0909. The molecule has 0 spiro atoms. The lowest BCUT2D eigenvalue weighted by Crippen LogP contribution is -2.27. The number of benzene rings is 5. The number of nitrogens with one attached hydrogen (secondary N) is 2. The molecule has 11 rings (SSSR count). The number of nitrogens with zero attached hydrogens (tertiary/aromatic N) is 4. The molecule has 2 N–H and O–H groups in total. The van der Waals surface area contributed by atoms with Crippen molar-refractivity contribution < 1.29 is 0 Å². The van der Waals surface area contributed by atoms with Crippen molar-refractivity contribution in [1.29, 1.82) is 0 Å². The fourth-order valence-corrected chi connectivity index (χ4v) is 8.27. The first kappa shape index (κ1) is 27.5. The molecule has 2 atom stereocenters. The number of rotatable bonds is 6. The molecule has 236 valence electrons. The lowest BCUT2D eigenvalue weighted by atomic mass is 9.76. The molecule has 0 amide bonds. The van der Waals surface area contributed by atoms with Crippen LogP contribution in [0.1, 0.15) is 22.5 Å². The SMILES string of the molecule is C1=CC2C(NCc3ccc(CNc4ccc5c6c(cccc46)-c4nc6ccccc6nc4-5)cc3)=CC=C3c4nc5ccccc5nc4C(=C1)C32. The predicted octanol–water partition coefficient (Wildman–Crippen LogP) is 9.26. The summed E-state index contributed by atoms with van der Waals surface area (Å²) in [5, 5.41) is 9.91. The Kier molecular flexibility index (Phi) is 5.81. The van der Waals surface area contributed by atoms with Gasteiger partial charge in [0.05, 0.1) is 44.8 Å².